The zero-order chi connectivity index (χ0) is 18.4. The molecule has 0 radical (unpaired) electrons. The Hall–Kier alpha value is -2.82. The molecular formula is C20H24N2O3. The van der Waals surface area contributed by atoms with Crippen molar-refractivity contribution in [2.24, 2.45) is 5.10 Å². The van der Waals surface area contributed by atoms with Crippen molar-refractivity contribution < 1.29 is 14.6 Å². The highest BCUT2D eigenvalue weighted by Crippen LogP contribution is 2.24. The molecule has 25 heavy (non-hydrogen) atoms. The summed E-state index contributed by atoms with van der Waals surface area (Å²) in [6.45, 7) is 8.20. The summed E-state index contributed by atoms with van der Waals surface area (Å²) in [5.41, 5.74) is 5.19. The lowest BCUT2D eigenvalue weighted by molar-refractivity contribution is -0.123. The van der Waals surface area contributed by atoms with Gasteiger partial charge in [0.25, 0.3) is 5.91 Å². The van der Waals surface area contributed by atoms with Gasteiger partial charge >= 0.3 is 0 Å². The number of benzene rings is 2. The number of hydrazone groups is 1. The minimum Gasteiger partial charge on any atom is -0.507 e. The minimum absolute atomic E-state index is 0.0754. The van der Waals surface area contributed by atoms with Gasteiger partial charge in [-0.2, -0.15) is 5.10 Å². The summed E-state index contributed by atoms with van der Waals surface area (Å²) in [4.78, 5) is 11.8. The van der Waals surface area contributed by atoms with E-state index in [1.165, 1.54) is 11.8 Å². The predicted octanol–water partition coefficient (Wildman–Crippen LogP) is 3.53. The van der Waals surface area contributed by atoms with Gasteiger partial charge in [-0.3, -0.25) is 4.79 Å². The number of ether oxygens (including phenoxy) is 1. The fraction of sp³-hybridized carbons (Fsp3) is 0.300. The molecule has 0 saturated carbocycles. The minimum atomic E-state index is -0.372. The van der Waals surface area contributed by atoms with Gasteiger partial charge in [0, 0.05) is 5.56 Å². The highest BCUT2D eigenvalue weighted by molar-refractivity contribution is 5.85. The number of aryl methyl sites for hydroxylation is 1. The van der Waals surface area contributed by atoms with Gasteiger partial charge in [0.15, 0.2) is 6.61 Å². The van der Waals surface area contributed by atoms with Gasteiger partial charge in [-0.25, -0.2) is 5.43 Å². The molecule has 0 saturated heterocycles. The maximum Gasteiger partial charge on any atom is 0.277 e. The number of nitrogens with one attached hydrogen (secondary N) is 1. The third kappa shape index (κ3) is 5.64. The molecule has 0 unspecified atom stereocenters. The summed E-state index contributed by atoms with van der Waals surface area (Å²) >= 11 is 0. The molecule has 2 N–H and O–H groups in total. The molecule has 0 bridgehead atoms. The number of phenols is 1. The van der Waals surface area contributed by atoms with Crippen LogP contribution >= 0.6 is 0 Å². The molecule has 0 aliphatic carbocycles. The van der Waals surface area contributed by atoms with Gasteiger partial charge in [-0.15, -0.1) is 0 Å². The molecule has 1 amide bonds. The summed E-state index contributed by atoms with van der Waals surface area (Å²) in [5.74, 6) is 0.366. The number of phenolic OH excluding ortho intramolecular Hbond substituents is 1. The SMILES string of the molecule is Cc1ccc(O)c(/C=N/NC(=O)COc2ccc(C(C)(C)C)cc2)c1. The molecule has 0 fully saturated rings. The van der Waals surface area contributed by atoms with Crippen LogP contribution in [-0.4, -0.2) is 23.8 Å². The third-order valence-electron chi connectivity index (χ3n) is 3.67. The second-order valence-electron chi connectivity index (χ2n) is 6.92. The van der Waals surface area contributed by atoms with E-state index in [0.717, 1.165) is 5.56 Å². The van der Waals surface area contributed by atoms with E-state index in [1.807, 2.05) is 31.2 Å². The smallest absolute Gasteiger partial charge is 0.277 e. The summed E-state index contributed by atoms with van der Waals surface area (Å²) in [5, 5.41) is 13.5. The van der Waals surface area contributed by atoms with Crippen LogP contribution in [0.25, 0.3) is 0 Å². The van der Waals surface area contributed by atoms with Crippen LogP contribution in [0, 0.1) is 6.92 Å². The van der Waals surface area contributed by atoms with Crippen molar-refractivity contribution in [1.82, 2.24) is 5.43 Å². The topological polar surface area (TPSA) is 70.9 Å². The van der Waals surface area contributed by atoms with E-state index >= 15 is 0 Å². The number of hydrogen-bond donors (Lipinski definition) is 2. The van der Waals surface area contributed by atoms with Crippen LogP contribution in [0.1, 0.15) is 37.5 Å². The molecule has 132 valence electrons. The average molecular weight is 340 g/mol. The summed E-state index contributed by atoms with van der Waals surface area (Å²) in [6, 6.07) is 12.8. The van der Waals surface area contributed by atoms with Crippen molar-refractivity contribution in [3.8, 4) is 11.5 Å². The van der Waals surface area contributed by atoms with Crippen molar-refractivity contribution in [3.63, 3.8) is 0 Å². The predicted molar refractivity (Wildman–Crippen MR) is 99.2 cm³/mol. The number of hydrogen-bond acceptors (Lipinski definition) is 4. The Bertz CT molecular complexity index is 760. The normalized spacial score (nSPS) is 11.5. The number of carbonyl (C=O) groups is 1. The standard InChI is InChI=1S/C20H24N2O3/c1-14-5-10-18(23)15(11-14)12-21-22-19(24)13-25-17-8-6-16(7-9-17)20(2,3)4/h5-12,23H,13H2,1-4H3,(H,22,24)/b21-12+. The second-order valence-corrected chi connectivity index (χ2v) is 6.92. The molecule has 0 heterocycles. The molecule has 0 aromatic heterocycles. The fourth-order valence-corrected chi connectivity index (χ4v) is 2.18. The Morgan fingerprint density at radius 1 is 1.20 bits per heavy atom. The van der Waals surface area contributed by atoms with Gasteiger partial charge in [0.1, 0.15) is 11.5 Å². The molecular weight excluding hydrogens is 316 g/mol. The molecule has 5 heteroatoms. The van der Waals surface area contributed by atoms with Crippen LogP contribution in [0.5, 0.6) is 11.5 Å². The van der Waals surface area contributed by atoms with Crippen LogP contribution in [0.15, 0.2) is 47.6 Å². The highest BCUT2D eigenvalue weighted by atomic mass is 16.5. The Balaban J connectivity index is 1.84. The largest absolute Gasteiger partial charge is 0.507 e. The zero-order valence-electron chi connectivity index (χ0n) is 15.0. The first-order valence-electron chi connectivity index (χ1n) is 8.10. The van der Waals surface area contributed by atoms with Crippen LogP contribution in [-0.2, 0) is 10.2 Å². The number of carbonyl (C=O) groups excluding carboxylic acids is 1. The maximum atomic E-state index is 11.8. The maximum absolute atomic E-state index is 11.8. The van der Waals surface area contributed by atoms with E-state index in [2.05, 4.69) is 31.3 Å². The van der Waals surface area contributed by atoms with E-state index in [0.29, 0.717) is 11.3 Å². The average Bonchev–Trinajstić information content (AvgIpc) is 2.56. The quantitative estimate of drug-likeness (QED) is 0.646. The van der Waals surface area contributed by atoms with Crippen LogP contribution in [0.4, 0.5) is 0 Å². The Labute approximate surface area is 148 Å². The van der Waals surface area contributed by atoms with Gasteiger partial charge in [0.05, 0.1) is 6.21 Å². The number of aromatic hydroxyl groups is 1. The number of nitrogens with zero attached hydrogens (tertiary/aromatic N) is 1. The number of rotatable bonds is 5. The Morgan fingerprint density at radius 3 is 2.52 bits per heavy atom. The van der Waals surface area contributed by atoms with Gasteiger partial charge in [-0.1, -0.05) is 44.5 Å². The molecule has 2 rings (SSSR count). The summed E-state index contributed by atoms with van der Waals surface area (Å²) in [6.07, 6.45) is 1.40. The van der Waals surface area contributed by atoms with E-state index in [4.69, 9.17) is 4.74 Å². The molecule has 0 aliphatic rings. The van der Waals surface area contributed by atoms with Crippen LogP contribution in [0.3, 0.4) is 0 Å². The fourth-order valence-electron chi connectivity index (χ4n) is 2.18. The van der Waals surface area contributed by atoms with Gasteiger partial charge in [0.2, 0.25) is 0 Å². The molecule has 0 aliphatic heterocycles. The molecule has 2 aromatic carbocycles. The lowest BCUT2D eigenvalue weighted by atomic mass is 9.87. The summed E-state index contributed by atoms with van der Waals surface area (Å²) in [7, 11) is 0. The van der Waals surface area contributed by atoms with E-state index < -0.39 is 0 Å². The molecule has 5 nitrogen and oxygen atoms in total. The van der Waals surface area contributed by atoms with Crippen molar-refractivity contribution >= 4 is 12.1 Å². The monoisotopic (exact) mass is 340 g/mol. The Kier molecular flexibility index (Phi) is 5.80. The van der Waals surface area contributed by atoms with Crippen molar-refractivity contribution in [2.75, 3.05) is 6.61 Å². The first-order valence-corrected chi connectivity index (χ1v) is 8.10. The van der Waals surface area contributed by atoms with Crippen LogP contribution in [0.2, 0.25) is 0 Å². The van der Waals surface area contributed by atoms with E-state index in [1.54, 1.807) is 18.2 Å². The number of amides is 1. The second kappa shape index (κ2) is 7.83. The molecule has 0 atom stereocenters. The van der Waals surface area contributed by atoms with Crippen molar-refractivity contribution in [3.05, 3.63) is 59.2 Å². The third-order valence-corrected chi connectivity index (χ3v) is 3.67. The zero-order valence-corrected chi connectivity index (χ0v) is 15.0. The first kappa shape index (κ1) is 18.5. The van der Waals surface area contributed by atoms with Gasteiger partial charge in [-0.05, 0) is 42.2 Å². The van der Waals surface area contributed by atoms with Crippen molar-refractivity contribution in [1.29, 1.82) is 0 Å². The molecule has 2 aromatic rings. The van der Waals surface area contributed by atoms with E-state index in [-0.39, 0.29) is 23.7 Å². The lowest BCUT2D eigenvalue weighted by Gasteiger charge is -2.19. The summed E-state index contributed by atoms with van der Waals surface area (Å²) < 4.78 is 5.45. The first-order chi connectivity index (χ1) is 11.8. The molecule has 0 spiro atoms. The van der Waals surface area contributed by atoms with Gasteiger partial charge < -0.3 is 9.84 Å². The van der Waals surface area contributed by atoms with Crippen LogP contribution < -0.4 is 10.2 Å². The Morgan fingerprint density at radius 2 is 1.88 bits per heavy atom. The van der Waals surface area contributed by atoms with Crippen molar-refractivity contribution in [2.45, 2.75) is 33.1 Å². The van der Waals surface area contributed by atoms with E-state index in [9.17, 15) is 9.90 Å². The lowest BCUT2D eigenvalue weighted by Crippen LogP contribution is -2.24. The highest BCUT2D eigenvalue weighted by Gasteiger charge is 2.13.